The van der Waals surface area contributed by atoms with E-state index in [0.717, 1.165) is 10.9 Å². The summed E-state index contributed by atoms with van der Waals surface area (Å²) in [5.74, 6) is -0.0563. The van der Waals surface area contributed by atoms with E-state index in [1.807, 2.05) is 12.1 Å². The number of carbonyl (C=O) groups excluding carboxylic acids is 2. The maximum absolute atomic E-state index is 11.8. The molecule has 1 unspecified atom stereocenters. The number of nitrogens with one attached hydrogen (secondary N) is 2. The monoisotopic (exact) mass is 296 g/mol. The highest BCUT2D eigenvalue weighted by Gasteiger charge is 2.21. The van der Waals surface area contributed by atoms with E-state index in [4.69, 9.17) is 0 Å². The van der Waals surface area contributed by atoms with Gasteiger partial charge in [0.1, 0.15) is 0 Å². The summed E-state index contributed by atoms with van der Waals surface area (Å²) in [6, 6.07) is 7.28. The summed E-state index contributed by atoms with van der Waals surface area (Å²) < 4.78 is 0.874. The molecule has 0 spiro atoms. The molecule has 4 nitrogen and oxygen atoms in total. The van der Waals surface area contributed by atoms with Gasteiger partial charge in [-0.1, -0.05) is 22.0 Å². The molecule has 5 heteroatoms. The molecule has 0 radical (unpaired) electrons. The molecule has 1 aromatic rings. The Morgan fingerprint density at radius 3 is 3.00 bits per heavy atom. The summed E-state index contributed by atoms with van der Waals surface area (Å²) in [6.45, 7) is 0.483. The van der Waals surface area contributed by atoms with Crippen LogP contribution < -0.4 is 10.6 Å². The summed E-state index contributed by atoms with van der Waals surface area (Å²) in [4.78, 5) is 22.8. The molecule has 0 aliphatic carbocycles. The third-order valence-corrected chi connectivity index (χ3v) is 3.17. The summed E-state index contributed by atoms with van der Waals surface area (Å²) >= 11 is 3.32. The van der Waals surface area contributed by atoms with Crippen LogP contribution in [0.5, 0.6) is 0 Å². The second kappa shape index (κ2) is 5.31. The van der Waals surface area contributed by atoms with E-state index in [0.29, 0.717) is 18.5 Å². The largest absolute Gasteiger partial charge is 0.352 e. The molecular formula is C12H13BrN2O2. The Morgan fingerprint density at radius 1 is 1.53 bits per heavy atom. The van der Waals surface area contributed by atoms with Crippen molar-refractivity contribution >= 4 is 27.7 Å². The standard InChI is InChI=1S/C12H13BrN2O2/c13-9-3-1-2-8(6-9)12(17)14-7-10-4-5-11(16)15-10/h1-3,6,10H,4-5,7H2,(H,14,17)(H,15,16). The fourth-order valence-electron chi connectivity index (χ4n) is 1.78. The molecular weight excluding hydrogens is 284 g/mol. The van der Waals surface area contributed by atoms with Crippen LogP contribution >= 0.6 is 15.9 Å². The quantitative estimate of drug-likeness (QED) is 0.887. The lowest BCUT2D eigenvalue weighted by Crippen LogP contribution is -2.38. The average molecular weight is 297 g/mol. The van der Waals surface area contributed by atoms with Gasteiger partial charge in [0.25, 0.3) is 5.91 Å². The number of hydrogen-bond donors (Lipinski definition) is 2. The zero-order chi connectivity index (χ0) is 12.3. The van der Waals surface area contributed by atoms with Gasteiger partial charge in [0.05, 0.1) is 0 Å². The zero-order valence-electron chi connectivity index (χ0n) is 9.20. The second-order valence-electron chi connectivity index (χ2n) is 4.02. The van der Waals surface area contributed by atoms with E-state index in [1.165, 1.54) is 0 Å². The van der Waals surface area contributed by atoms with Gasteiger partial charge in [0.2, 0.25) is 5.91 Å². The molecule has 1 heterocycles. The smallest absolute Gasteiger partial charge is 0.251 e. The van der Waals surface area contributed by atoms with Crippen LogP contribution in [0.4, 0.5) is 0 Å². The lowest BCUT2D eigenvalue weighted by atomic mass is 10.2. The highest BCUT2D eigenvalue weighted by atomic mass is 79.9. The Morgan fingerprint density at radius 2 is 2.35 bits per heavy atom. The summed E-state index contributed by atoms with van der Waals surface area (Å²) in [5.41, 5.74) is 0.615. The van der Waals surface area contributed by atoms with E-state index in [2.05, 4.69) is 26.6 Å². The predicted molar refractivity (Wildman–Crippen MR) is 67.6 cm³/mol. The summed E-state index contributed by atoms with van der Waals surface area (Å²) in [7, 11) is 0. The minimum absolute atomic E-state index is 0.0618. The molecule has 2 N–H and O–H groups in total. The van der Waals surface area contributed by atoms with E-state index in [-0.39, 0.29) is 17.9 Å². The van der Waals surface area contributed by atoms with Crippen LogP contribution in [0.1, 0.15) is 23.2 Å². The molecule has 1 aromatic carbocycles. The lowest BCUT2D eigenvalue weighted by molar-refractivity contribution is -0.119. The van der Waals surface area contributed by atoms with Crippen molar-refractivity contribution in [2.75, 3.05) is 6.54 Å². The number of carbonyl (C=O) groups is 2. The van der Waals surface area contributed by atoms with E-state index >= 15 is 0 Å². The maximum Gasteiger partial charge on any atom is 0.251 e. The number of benzene rings is 1. The van der Waals surface area contributed by atoms with Crippen molar-refractivity contribution in [3.05, 3.63) is 34.3 Å². The number of hydrogen-bond acceptors (Lipinski definition) is 2. The Balaban J connectivity index is 1.87. The predicted octanol–water partition coefficient (Wildman–Crippen LogP) is 1.46. The molecule has 1 saturated heterocycles. The fraction of sp³-hybridized carbons (Fsp3) is 0.333. The number of rotatable bonds is 3. The topological polar surface area (TPSA) is 58.2 Å². The first-order valence-corrected chi connectivity index (χ1v) is 6.27. The molecule has 1 fully saturated rings. The van der Waals surface area contributed by atoms with Gasteiger partial charge >= 0.3 is 0 Å². The van der Waals surface area contributed by atoms with Crippen LogP contribution in [-0.2, 0) is 4.79 Å². The Labute approximate surface area is 108 Å². The van der Waals surface area contributed by atoms with Crippen LogP contribution in [0.15, 0.2) is 28.7 Å². The summed E-state index contributed by atoms with van der Waals surface area (Å²) in [6.07, 6.45) is 1.34. The molecule has 0 saturated carbocycles. The van der Waals surface area contributed by atoms with Crippen LogP contribution in [-0.4, -0.2) is 24.4 Å². The first-order chi connectivity index (χ1) is 8.15. The molecule has 0 aromatic heterocycles. The molecule has 2 amide bonds. The Bertz CT molecular complexity index is 448. The molecule has 2 rings (SSSR count). The van der Waals surface area contributed by atoms with Crippen LogP contribution in [0.2, 0.25) is 0 Å². The third-order valence-electron chi connectivity index (χ3n) is 2.68. The normalized spacial score (nSPS) is 18.9. The van der Waals surface area contributed by atoms with Gasteiger partial charge in [0.15, 0.2) is 0 Å². The van der Waals surface area contributed by atoms with Crippen molar-refractivity contribution in [1.29, 1.82) is 0 Å². The van der Waals surface area contributed by atoms with Crippen molar-refractivity contribution < 1.29 is 9.59 Å². The van der Waals surface area contributed by atoms with Crippen molar-refractivity contribution in [1.82, 2.24) is 10.6 Å². The fourth-order valence-corrected chi connectivity index (χ4v) is 2.18. The SMILES string of the molecule is O=C1CCC(CNC(=O)c2cccc(Br)c2)N1. The van der Waals surface area contributed by atoms with Crippen molar-refractivity contribution in [2.24, 2.45) is 0 Å². The Hall–Kier alpha value is -1.36. The Kier molecular flexibility index (Phi) is 3.78. The first kappa shape index (κ1) is 12.1. The molecule has 1 aliphatic heterocycles. The first-order valence-electron chi connectivity index (χ1n) is 5.48. The van der Waals surface area contributed by atoms with Gasteiger partial charge in [0, 0.05) is 29.0 Å². The van der Waals surface area contributed by atoms with Gasteiger partial charge in [-0.15, -0.1) is 0 Å². The number of halogens is 1. The highest BCUT2D eigenvalue weighted by Crippen LogP contribution is 2.11. The molecule has 0 bridgehead atoms. The molecule has 17 heavy (non-hydrogen) atoms. The lowest BCUT2D eigenvalue weighted by Gasteiger charge is -2.11. The average Bonchev–Trinajstić information content (AvgIpc) is 2.72. The van der Waals surface area contributed by atoms with E-state index in [1.54, 1.807) is 12.1 Å². The second-order valence-corrected chi connectivity index (χ2v) is 4.94. The third kappa shape index (κ3) is 3.30. The van der Waals surface area contributed by atoms with Crippen LogP contribution in [0.25, 0.3) is 0 Å². The van der Waals surface area contributed by atoms with Gasteiger partial charge < -0.3 is 10.6 Å². The van der Waals surface area contributed by atoms with E-state index in [9.17, 15) is 9.59 Å². The van der Waals surface area contributed by atoms with Crippen LogP contribution in [0.3, 0.4) is 0 Å². The van der Waals surface area contributed by atoms with Crippen LogP contribution in [0, 0.1) is 0 Å². The zero-order valence-corrected chi connectivity index (χ0v) is 10.8. The number of amides is 2. The van der Waals surface area contributed by atoms with Gasteiger partial charge in [-0.25, -0.2) is 0 Å². The molecule has 1 aliphatic rings. The minimum atomic E-state index is -0.118. The van der Waals surface area contributed by atoms with Crippen molar-refractivity contribution in [3.8, 4) is 0 Å². The van der Waals surface area contributed by atoms with E-state index < -0.39 is 0 Å². The van der Waals surface area contributed by atoms with Crippen molar-refractivity contribution in [2.45, 2.75) is 18.9 Å². The highest BCUT2D eigenvalue weighted by molar-refractivity contribution is 9.10. The van der Waals surface area contributed by atoms with Crippen molar-refractivity contribution in [3.63, 3.8) is 0 Å². The minimum Gasteiger partial charge on any atom is -0.352 e. The van der Waals surface area contributed by atoms with Gasteiger partial charge in [-0.3, -0.25) is 9.59 Å². The maximum atomic E-state index is 11.8. The molecule has 1 atom stereocenters. The van der Waals surface area contributed by atoms with Gasteiger partial charge in [-0.05, 0) is 24.6 Å². The molecule has 90 valence electrons. The summed E-state index contributed by atoms with van der Waals surface area (Å²) in [5, 5.41) is 5.62. The van der Waals surface area contributed by atoms with Gasteiger partial charge in [-0.2, -0.15) is 0 Å².